The Morgan fingerprint density at radius 2 is 1.96 bits per heavy atom. The molecule has 2 aromatic rings. The van der Waals surface area contributed by atoms with Crippen molar-refractivity contribution < 1.29 is 19.4 Å². The second-order valence-electron chi connectivity index (χ2n) is 5.91. The number of carbonyl (C=O) groups is 1. The smallest absolute Gasteiger partial charge is 0.343 e. The average molecular weight is 343 g/mol. The molecule has 6 nitrogen and oxygen atoms in total. The van der Waals surface area contributed by atoms with Gasteiger partial charge in [0, 0.05) is 12.2 Å². The molecule has 0 unspecified atom stereocenters. The first kappa shape index (κ1) is 17.1. The van der Waals surface area contributed by atoms with Crippen LogP contribution in [0.15, 0.2) is 29.1 Å². The number of aromatic hydroxyl groups is 1. The van der Waals surface area contributed by atoms with Crippen molar-refractivity contribution in [1.82, 2.24) is 4.57 Å². The average Bonchev–Trinajstić information content (AvgIpc) is 2.63. The molecule has 132 valence electrons. The molecule has 1 N–H and O–H groups in total. The Bertz CT molecular complexity index is 852. The van der Waals surface area contributed by atoms with Gasteiger partial charge in [-0.1, -0.05) is 12.1 Å². The number of aromatic nitrogens is 1. The van der Waals surface area contributed by atoms with E-state index in [4.69, 9.17) is 9.47 Å². The first-order chi connectivity index (χ1) is 12.1. The molecule has 0 amide bonds. The van der Waals surface area contributed by atoms with E-state index >= 15 is 0 Å². The molecule has 25 heavy (non-hydrogen) atoms. The zero-order valence-electron chi connectivity index (χ0n) is 14.4. The summed E-state index contributed by atoms with van der Waals surface area (Å²) in [5, 5.41) is 10.8. The van der Waals surface area contributed by atoms with Crippen LogP contribution >= 0.6 is 0 Å². The summed E-state index contributed by atoms with van der Waals surface area (Å²) in [5.41, 5.74) is 1.04. The topological polar surface area (TPSA) is 77.8 Å². The van der Waals surface area contributed by atoms with Gasteiger partial charge in [0.05, 0.1) is 19.3 Å². The molecule has 3 rings (SSSR count). The predicted molar refractivity (Wildman–Crippen MR) is 93.2 cm³/mol. The van der Waals surface area contributed by atoms with E-state index in [-0.39, 0.29) is 29.0 Å². The lowest BCUT2D eigenvalue weighted by molar-refractivity contribution is 0.0519. The van der Waals surface area contributed by atoms with Crippen LogP contribution in [0.1, 0.15) is 35.8 Å². The van der Waals surface area contributed by atoms with Gasteiger partial charge in [-0.15, -0.1) is 0 Å². The molecule has 0 spiro atoms. The van der Waals surface area contributed by atoms with Crippen molar-refractivity contribution in [3.63, 3.8) is 0 Å². The number of methoxy groups -OCH3 is 1. The quantitative estimate of drug-likeness (QED) is 0.864. The maximum Gasteiger partial charge on any atom is 0.343 e. The fourth-order valence-corrected chi connectivity index (χ4v) is 3.25. The Hall–Kier alpha value is -2.76. The van der Waals surface area contributed by atoms with Gasteiger partial charge < -0.3 is 19.1 Å². The number of rotatable bonds is 4. The van der Waals surface area contributed by atoms with Crippen molar-refractivity contribution in [3.05, 3.63) is 45.9 Å². The molecule has 2 heterocycles. The minimum Gasteiger partial charge on any atom is -0.506 e. The SMILES string of the molecule is CCOC(=O)c1c(O)c(-c2ccc(OC)cc2)c(=O)n2c1CCCC2. The monoisotopic (exact) mass is 343 g/mol. The molecule has 1 aromatic heterocycles. The molecule has 0 saturated heterocycles. The van der Waals surface area contributed by atoms with Crippen LogP contribution in [0.4, 0.5) is 0 Å². The van der Waals surface area contributed by atoms with Gasteiger partial charge in [-0.2, -0.15) is 0 Å². The zero-order valence-corrected chi connectivity index (χ0v) is 14.4. The third kappa shape index (κ3) is 2.99. The van der Waals surface area contributed by atoms with Crippen LogP contribution in [0, 0.1) is 0 Å². The van der Waals surface area contributed by atoms with Crippen molar-refractivity contribution in [3.8, 4) is 22.6 Å². The molecule has 6 heteroatoms. The molecule has 0 saturated carbocycles. The number of nitrogens with zero attached hydrogens (tertiary/aromatic N) is 1. The number of benzene rings is 1. The van der Waals surface area contributed by atoms with E-state index in [2.05, 4.69) is 0 Å². The minimum absolute atomic E-state index is 0.104. The van der Waals surface area contributed by atoms with Crippen molar-refractivity contribution in [2.45, 2.75) is 32.7 Å². The molecule has 1 aromatic carbocycles. The lowest BCUT2D eigenvalue weighted by Gasteiger charge is -2.23. The summed E-state index contributed by atoms with van der Waals surface area (Å²) in [7, 11) is 1.55. The van der Waals surface area contributed by atoms with Gasteiger partial charge in [-0.3, -0.25) is 4.79 Å². The summed E-state index contributed by atoms with van der Waals surface area (Å²) in [6.45, 7) is 2.44. The normalized spacial score (nSPS) is 13.2. The van der Waals surface area contributed by atoms with Crippen LogP contribution < -0.4 is 10.3 Å². The highest BCUT2D eigenvalue weighted by Gasteiger charge is 2.28. The van der Waals surface area contributed by atoms with Crippen molar-refractivity contribution in [2.24, 2.45) is 0 Å². The van der Waals surface area contributed by atoms with Gasteiger partial charge in [0.2, 0.25) is 0 Å². The van der Waals surface area contributed by atoms with E-state index in [1.807, 2.05) is 0 Å². The summed E-state index contributed by atoms with van der Waals surface area (Å²) < 4.78 is 11.8. The molecule has 1 aliphatic heterocycles. The lowest BCUT2D eigenvalue weighted by atomic mass is 9.97. The van der Waals surface area contributed by atoms with Gasteiger partial charge >= 0.3 is 5.97 Å². The van der Waals surface area contributed by atoms with E-state index in [0.717, 1.165) is 12.8 Å². The Morgan fingerprint density at radius 1 is 1.24 bits per heavy atom. The summed E-state index contributed by atoms with van der Waals surface area (Å²) in [6, 6.07) is 6.81. The number of esters is 1. The van der Waals surface area contributed by atoms with E-state index in [1.54, 1.807) is 42.9 Å². The third-order valence-electron chi connectivity index (χ3n) is 4.45. The first-order valence-corrected chi connectivity index (χ1v) is 8.38. The van der Waals surface area contributed by atoms with E-state index in [0.29, 0.717) is 30.0 Å². The molecule has 1 aliphatic rings. The highest BCUT2D eigenvalue weighted by molar-refractivity contribution is 5.96. The number of ether oxygens (including phenoxy) is 2. The number of hydrogen-bond acceptors (Lipinski definition) is 5. The van der Waals surface area contributed by atoms with Crippen molar-refractivity contribution in [1.29, 1.82) is 0 Å². The first-order valence-electron chi connectivity index (χ1n) is 8.38. The standard InChI is InChI=1S/C19H21NO5/c1-3-25-19(23)16-14-6-4-5-11-20(14)18(22)15(17(16)21)12-7-9-13(24-2)10-8-12/h7-10,21H,3-6,11H2,1-2H3. The summed E-state index contributed by atoms with van der Waals surface area (Å²) in [4.78, 5) is 25.4. The van der Waals surface area contributed by atoms with Crippen LogP contribution in [-0.2, 0) is 17.7 Å². The fraction of sp³-hybridized carbons (Fsp3) is 0.368. The van der Waals surface area contributed by atoms with Crippen LogP contribution in [-0.4, -0.2) is 29.4 Å². The van der Waals surface area contributed by atoms with Gasteiger partial charge in [-0.05, 0) is 43.9 Å². The maximum absolute atomic E-state index is 12.9. The highest BCUT2D eigenvalue weighted by atomic mass is 16.5. The number of fused-ring (bicyclic) bond motifs is 1. The van der Waals surface area contributed by atoms with Crippen LogP contribution in [0.2, 0.25) is 0 Å². The van der Waals surface area contributed by atoms with Gasteiger partial charge in [0.15, 0.2) is 0 Å². The van der Waals surface area contributed by atoms with Gasteiger partial charge in [-0.25, -0.2) is 4.79 Å². The Morgan fingerprint density at radius 3 is 2.60 bits per heavy atom. The predicted octanol–water partition coefficient (Wildman–Crippen LogP) is 2.74. The largest absolute Gasteiger partial charge is 0.506 e. The molecular formula is C19H21NO5. The van der Waals surface area contributed by atoms with Gasteiger partial charge in [0.1, 0.15) is 17.1 Å². The summed E-state index contributed by atoms with van der Waals surface area (Å²) in [6.07, 6.45) is 2.30. The van der Waals surface area contributed by atoms with E-state index in [1.165, 1.54) is 0 Å². The summed E-state index contributed by atoms with van der Waals surface area (Å²) in [5.74, 6) is -0.255. The molecule has 0 aliphatic carbocycles. The molecule has 0 atom stereocenters. The molecule has 0 fully saturated rings. The van der Waals surface area contributed by atoms with Crippen LogP contribution in [0.25, 0.3) is 11.1 Å². The zero-order chi connectivity index (χ0) is 18.0. The van der Waals surface area contributed by atoms with Gasteiger partial charge in [0.25, 0.3) is 5.56 Å². The minimum atomic E-state index is -0.597. The number of hydrogen-bond donors (Lipinski definition) is 1. The maximum atomic E-state index is 12.9. The van der Waals surface area contributed by atoms with Crippen molar-refractivity contribution >= 4 is 5.97 Å². The Balaban J connectivity index is 2.26. The lowest BCUT2D eigenvalue weighted by Crippen LogP contribution is -2.31. The molecular weight excluding hydrogens is 322 g/mol. The second-order valence-corrected chi connectivity index (χ2v) is 5.91. The Kier molecular flexibility index (Phi) is 4.79. The van der Waals surface area contributed by atoms with Crippen LogP contribution in [0.5, 0.6) is 11.5 Å². The Labute approximate surface area is 145 Å². The molecule has 0 bridgehead atoms. The number of carbonyl (C=O) groups excluding carboxylic acids is 1. The van der Waals surface area contributed by atoms with Crippen molar-refractivity contribution in [2.75, 3.05) is 13.7 Å². The highest BCUT2D eigenvalue weighted by Crippen LogP contribution is 2.34. The van der Waals surface area contributed by atoms with E-state index < -0.39 is 5.97 Å². The van der Waals surface area contributed by atoms with Crippen LogP contribution in [0.3, 0.4) is 0 Å². The van der Waals surface area contributed by atoms with E-state index in [9.17, 15) is 14.7 Å². The summed E-state index contributed by atoms with van der Waals surface area (Å²) >= 11 is 0. The fourth-order valence-electron chi connectivity index (χ4n) is 3.25. The third-order valence-corrected chi connectivity index (χ3v) is 4.45. The second kappa shape index (κ2) is 7.01. The number of pyridine rings is 1. The molecule has 0 radical (unpaired) electrons.